The number of nitrogens with one attached hydrogen (secondary N) is 2. The van der Waals surface area contributed by atoms with Gasteiger partial charge in [-0.2, -0.15) is 0 Å². The third-order valence-corrected chi connectivity index (χ3v) is 3.98. The van der Waals surface area contributed by atoms with Crippen LogP contribution < -0.4 is 15.4 Å². The summed E-state index contributed by atoms with van der Waals surface area (Å²) in [4.78, 5) is 24.4. The van der Waals surface area contributed by atoms with Crippen molar-refractivity contribution in [3.05, 3.63) is 66.2 Å². The van der Waals surface area contributed by atoms with Crippen LogP contribution in [0.5, 0.6) is 5.75 Å². The highest BCUT2D eigenvalue weighted by atomic mass is 16.5. The molecule has 0 spiro atoms. The number of amides is 2. The number of para-hydroxylation sites is 1. The molecule has 0 radical (unpaired) electrons. The van der Waals surface area contributed by atoms with Crippen molar-refractivity contribution in [3.63, 3.8) is 0 Å². The molecule has 0 saturated carbocycles. The zero-order valence-corrected chi connectivity index (χ0v) is 15.3. The minimum absolute atomic E-state index is 0.0615. The zero-order chi connectivity index (χ0) is 18.8. The lowest BCUT2D eigenvalue weighted by atomic mass is 10.0. The van der Waals surface area contributed by atoms with E-state index in [2.05, 4.69) is 17.6 Å². The summed E-state index contributed by atoms with van der Waals surface area (Å²) in [6, 6.07) is 18.3. The Labute approximate surface area is 154 Å². The first-order valence-electron chi connectivity index (χ1n) is 8.92. The second-order valence-electron chi connectivity index (χ2n) is 6.15. The van der Waals surface area contributed by atoms with Crippen LogP contribution in [0.4, 0.5) is 0 Å². The SMILES string of the molecule is CCCC(NC(=O)C(C)NC(=O)COc1ccccc1)c1ccccc1. The van der Waals surface area contributed by atoms with Crippen LogP contribution in [0.15, 0.2) is 60.7 Å². The first-order chi connectivity index (χ1) is 12.6. The van der Waals surface area contributed by atoms with Crippen molar-refractivity contribution in [2.75, 3.05) is 6.61 Å². The molecular formula is C21H26N2O3. The molecule has 0 aliphatic carbocycles. The minimum Gasteiger partial charge on any atom is -0.484 e. The van der Waals surface area contributed by atoms with Gasteiger partial charge in [0.05, 0.1) is 6.04 Å². The molecule has 0 aliphatic rings. The summed E-state index contributed by atoms with van der Waals surface area (Å²) in [6.45, 7) is 3.62. The molecule has 0 fully saturated rings. The number of hydrogen-bond donors (Lipinski definition) is 2. The lowest BCUT2D eigenvalue weighted by molar-refractivity contribution is -0.130. The van der Waals surface area contributed by atoms with Crippen LogP contribution in [-0.2, 0) is 9.59 Å². The molecule has 2 atom stereocenters. The van der Waals surface area contributed by atoms with Crippen molar-refractivity contribution >= 4 is 11.8 Å². The van der Waals surface area contributed by atoms with Crippen LogP contribution in [-0.4, -0.2) is 24.5 Å². The number of rotatable bonds is 9. The average Bonchev–Trinajstić information content (AvgIpc) is 2.67. The second-order valence-corrected chi connectivity index (χ2v) is 6.15. The molecule has 0 heterocycles. The summed E-state index contributed by atoms with van der Waals surface area (Å²) in [7, 11) is 0. The van der Waals surface area contributed by atoms with E-state index in [-0.39, 0.29) is 24.5 Å². The van der Waals surface area contributed by atoms with E-state index in [1.54, 1.807) is 19.1 Å². The van der Waals surface area contributed by atoms with E-state index in [0.717, 1.165) is 18.4 Å². The molecule has 2 rings (SSSR count). The van der Waals surface area contributed by atoms with E-state index in [1.165, 1.54) is 0 Å². The van der Waals surface area contributed by atoms with E-state index >= 15 is 0 Å². The normalized spacial score (nSPS) is 12.7. The summed E-state index contributed by atoms with van der Waals surface area (Å²) in [6.07, 6.45) is 1.79. The highest BCUT2D eigenvalue weighted by molar-refractivity contribution is 5.88. The molecule has 0 aromatic heterocycles. The number of carbonyl (C=O) groups is 2. The third kappa shape index (κ3) is 6.24. The Balaban J connectivity index is 1.84. The Bertz CT molecular complexity index is 689. The quantitative estimate of drug-likeness (QED) is 0.726. The summed E-state index contributed by atoms with van der Waals surface area (Å²) in [5.41, 5.74) is 1.06. The van der Waals surface area contributed by atoms with Gasteiger partial charge >= 0.3 is 0 Å². The largest absolute Gasteiger partial charge is 0.484 e. The Morgan fingerprint density at radius 2 is 1.58 bits per heavy atom. The Morgan fingerprint density at radius 1 is 0.962 bits per heavy atom. The molecule has 5 heteroatoms. The van der Waals surface area contributed by atoms with Gasteiger partial charge in [-0.15, -0.1) is 0 Å². The summed E-state index contributed by atoms with van der Waals surface area (Å²) >= 11 is 0. The molecule has 2 aromatic rings. The van der Waals surface area contributed by atoms with E-state index in [1.807, 2.05) is 48.5 Å². The Morgan fingerprint density at radius 3 is 2.19 bits per heavy atom. The summed E-state index contributed by atoms with van der Waals surface area (Å²) in [5.74, 6) is 0.0791. The van der Waals surface area contributed by atoms with Crippen molar-refractivity contribution in [2.24, 2.45) is 0 Å². The van der Waals surface area contributed by atoms with Gasteiger partial charge in [0.2, 0.25) is 5.91 Å². The van der Waals surface area contributed by atoms with Gasteiger partial charge in [-0.3, -0.25) is 9.59 Å². The molecule has 26 heavy (non-hydrogen) atoms. The van der Waals surface area contributed by atoms with Gasteiger partial charge in [0.25, 0.3) is 5.91 Å². The Kier molecular flexibility index (Phi) is 7.68. The van der Waals surface area contributed by atoms with Crippen molar-refractivity contribution < 1.29 is 14.3 Å². The van der Waals surface area contributed by atoms with Gasteiger partial charge in [0.15, 0.2) is 6.61 Å². The van der Waals surface area contributed by atoms with Crippen LogP contribution in [0.25, 0.3) is 0 Å². The molecule has 0 saturated heterocycles. The van der Waals surface area contributed by atoms with Gasteiger partial charge in [0, 0.05) is 0 Å². The molecule has 2 unspecified atom stereocenters. The molecule has 138 valence electrons. The van der Waals surface area contributed by atoms with E-state index < -0.39 is 6.04 Å². The summed E-state index contributed by atoms with van der Waals surface area (Å²) < 4.78 is 5.39. The highest BCUT2D eigenvalue weighted by Gasteiger charge is 2.20. The van der Waals surface area contributed by atoms with E-state index in [0.29, 0.717) is 5.75 Å². The Hall–Kier alpha value is -2.82. The standard InChI is InChI=1S/C21H26N2O3/c1-3-10-19(17-11-6-4-7-12-17)23-21(25)16(2)22-20(24)15-26-18-13-8-5-9-14-18/h4-9,11-14,16,19H,3,10,15H2,1-2H3,(H,22,24)(H,23,25). The predicted octanol–water partition coefficient (Wildman–Crippen LogP) is 3.23. The van der Waals surface area contributed by atoms with Gasteiger partial charge in [0.1, 0.15) is 11.8 Å². The zero-order valence-electron chi connectivity index (χ0n) is 15.3. The average molecular weight is 354 g/mol. The fraction of sp³-hybridized carbons (Fsp3) is 0.333. The predicted molar refractivity (Wildman–Crippen MR) is 102 cm³/mol. The lowest BCUT2D eigenvalue weighted by Crippen LogP contribution is -2.47. The van der Waals surface area contributed by atoms with Crippen LogP contribution in [0.1, 0.15) is 38.3 Å². The number of ether oxygens (including phenoxy) is 1. The van der Waals surface area contributed by atoms with Crippen molar-refractivity contribution in [1.82, 2.24) is 10.6 Å². The van der Waals surface area contributed by atoms with E-state index in [4.69, 9.17) is 4.74 Å². The van der Waals surface area contributed by atoms with Crippen molar-refractivity contribution in [1.29, 1.82) is 0 Å². The first kappa shape index (κ1) is 19.5. The molecule has 5 nitrogen and oxygen atoms in total. The van der Waals surface area contributed by atoms with Crippen LogP contribution in [0.2, 0.25) is 0 Å². The van der Waals surface area contributed by atoms with E-state index in [9.17, 15) is 9.59 Å². The molecule has 2 N–H and O–H groups in total. The highest BCUT2D eigenvalue weighted by Crippen LogP contribution is 2.18. The first-order valence-corrected chi connectivity index (χ1v) is 8.92. The number of carbonyl (C=O) groups excluding carboxylic acids is 2. The maximum absolute atomic E-state index is 12.4. The molecule has 0 bridgehead atoms. The van der Waals surface area contributed by atoms with Gasteiger partial charge in [-0.1, -0.05) is 61.9 Å². The summed E-state index contributed by atoms with van der Waals surface area (Å²) in [5, 5.41) is 5.69. The topological polar surface area (TPSA) is 67.4 Å². The minimum atomic E-state index is -0.634. The number of hydrogen-bond acceptors (Lipinski definition) is 3. The third-order valence-electron chi connectivity index (χ3n) is 3.98. The fourth-order valence-electron chi connectivity index (χ4n) is 2.61. The molecular weight excluding hydrogens is 328 g/mol. The van der Waals surface area contributed by atoms with Crippen LogP contribution >= 0.6 is 0 Å². The van der Waals surface area contributed by atoms with Crippen LogP contribution in [0, 0.1) is 0 Å². The maximum atomic E-state index is 12.4. The molecule has 2 amide bonds. The fourth-order valence-corrected chi connectivity index (χ4v) is 2.61. The lowest BCUT2D eigenvalue weighted by Gasteiger charge is -2.21. The maximum Gasteiger partial charge on any atom is 0.258 e. The van der Waals surface area contributed by atoms with Crippen molar-refractivity contribution in [3.8, 4) is 5.75 Å². The van der Waals surface area contributed by atoms with Gasteiger partial charge < -0.3 is 15.4 Å². The van der Waals surface area contributed by atoms with Crippen molar-refractivity contribution in [2.45, 2.75) is 38.8 Å². The monoisotopic (exact) mass is 354 g/mol. The molecule has 2 aromatic carbocycles. The van der Waals surface area contributed by atoms with Gasteiger partial charge in [-0.25, -0.2) is 0 Å². The number of benzene rings is 2. The molecule has 0 aliphatic heterocycles. The van der Waals surface area contributed by atoms with Crippen LogP contribution in [0.3, 0.4) is 0 Å². The van der Waals surface area contributed by atoms with Gasteiger partial charge in [-0.05, 0) is 31.0 Å². The second kappa shape index (κ2) is 10.2. The smallest absolute Gasteiger partial charge is 0.258 e.